The molecule has 0 aliphatic heterocycles. The minimum absolute atomic E-state index is 0.0214. The maximum absolute atomic E-state index is 12.3. The lowest BCUT2D eigenvalue weighted by molar-refractivity contribution is -0.148. The van der Waals surface area contributed by atoms with Crippen LogP contribution in [0.4, 0.5) is 0 Å². The van der Waals surface area contributed by atoms with Crippen LogP contribution in [-0.2, 0) is 23.9 Å². The number of amides is 2. The molecule has 0 saturated heterocycles. The molecule has 0 fully saturated rings. The number of carbonyl (C=O) groups is 3. The largest absolute Gasteiger partial charge is 0.461 e. The summed E-state index contributed by atoms with van der Waals surface area (Å²) in [6.45, 7) is 9.84. The molecule has 0 saturated carbocycles. The molecule has 2 amide bonds. The molecule has 160 valence electrons. The van der Waals surface area contributed by atoms with Crippen molar-refractivity contribution in [3.05, 3.63) is 25.3 Å². The van der Waals surface area contributed by atoms with E-state index in [1.165, 1.54) is 0 Å². The monoisotopic (exact) mass is 398 g/mol. The SMILES string of the molecule is C=CCCCC(=O)O[C@@H](C)CNC(=O)[C@H](CC=C)CC(=O)NCCOCCO. The molecule has 28 heavy (non-hydrogen) atoms. The van der Waals surface area contributed by atoms with Gasteiger partial charge in [0.25, 0.3) is 0 Å². The van der Waals surface area contributed by atoms with Crippen molar-refractivity contribution in [1.29, 1.82) is 0 Å². The van der Waals surface area contributed by atoms with Gasteiger partial charge in [-0.15, -0.1) is 13.2 Å². The van der Waals surface area contributed by atoms with Gasteiger partial charge in [-0.3, -0.25) is 14.4 Å². The number of esters is 1. The molecule has 8 nitrogen and oxygen atoms in total. The van der Waals surface area contributed by atoms with E-state index in [4.69, 9.17) is 14.6 Å². The Morgan fingerprint density at radius 2 is 1.89 bits per heavy atom. The Bertz CT molecular complexity index is 495. The summed E-state index contributed by atoms with van der Waals surface area (Å²) in [7, 11) is 0. The van der Waals surface area contributed by atoms with Gasteiger partial charge < -0.3 is 25.2 Å². The van der Waals surface area contributed by atoms with Crippen molar-refractivity contribution in [1.82, 2.24) is 10.6 Å². The van der Waals surface area contributed by atoms with E-state index in [1.54, 1.807) is 19.1 Å². The Morgan fingerprint density at radius 3 is 2.54 bits per heavy atom. The molecule has 0 bridgehead atoms. The van der Waals surface area contributed by atoms with E-state index in [2.05, 4.69) is 23.8 Å². The lowest BCUT2D eigenvalue weighted by Gasteiger charge is -2.18. The van der Waals surface area contributed by atoms with Crippen LogP contribution in [0.1, 0.15) is 39.0 Å². The molecular formula is C20H34N2O6. The molecule has 0 aromatic rings. The fourth-order valence-electron chi connectivity index (χ4n) is 2.31. The molecule has 3 N–H and O–H groups in total. The normalized spacial score (nSPS) is 12.5. The number of ether oxygens (including phenoxy) is 2. The van der Waals surface area contributed by atoms with Crippen LogP contribution in [0.15, 0.2) is 25.3 Å². The Kier molecular flexibility index (Phi) is 15.6. The predicted octanol–water partition coefficient (Wildman–Crippen LogP) is 1.10. The summed E-state index contributed by atoms with van der Waals surface area (Å²) in [5.74, 6) is -1.42. The average Bonchev–Trinajstić information content (AvgIpc) is 2.65. The van der Waals surface area contributed by atoms with Gasteiger partial charge in [0.1, 0.15) is 6.10 Å². The van der Waals surface area contributed by atoms with Gasteiger partial charge in [0.05, 0.1) is 32.3 Å². The van der Waals surface area contributed by atoms with Gasteiger partial charge in [-0.05, 0) is 26.2 Å². The highest BCUT2D eigenvalue weighted by atomic mass is 16.5. The smallest absolute Gasteiger partial charge is 0.306 e. The van der Waals surface area contributed by atoms with Gasteiger partial charge in [0.15, 0.2) is 0 Å². The average molecular weight is 399 g/mol. The van der Waals surface area contributed by atoms with Crippen molar-refractivity contribution < 1.29 is 29.0 Å². The third-order valence-corrected chi connectivity index (χ3v) is 3.74. The molecule has 0 aliphatic rings. The van der Waals surface area contributed by atoms with Gasteiger partial charge in [-0.2, -0.15) is 0 Å². The highest BCUT2D eigenvalue weighted by Crippen LogP contribution is 2.10. The number of hydrogen-bond donors (Lipinski definition) is 3. The Morgan fingerprint density at radius 1 is 1.14 bits per heavy atom. The van der Waals surface area contributed by atoms with E-state index in [9.17, 15) is 14.4 Å². The third kappa shape index (κ3) is 13.9. The fourth-order valence-corrected chi connectivity index (χ4v) is 2.31. The molecule has 8 heteroatoms. The summed E-state index contributed by atoms with van der Waals surface area (Å²) in [6, 6.07) is 0. The summed E-state index contributed by atoms with van der Waals surface area (Å²) < 4.78 is 10.3. The predicted molar refractivity (Wildman–Crippen MR) is 106 cm³/mol. The molecule has 0 radical (unpaired) electrons. The van der Waals surface area contributed by atoms with Gasteiger partial charge in [0.2, 0.25) is 11.8 Å². The molecule has 0 rings (SSSR count). The number of carbonyl (C=O) groups excluding carboxylic acids is 3. The van der Waals surface area contributed by atoms with Gasteiger partial charge in [-0.25, -0.2) is 0 Å². The molecular weight excluding hydrogens is 364 g/mol. The van der Waals surface area contributed by atoms with Crippen LogP contribution >= 0.6 is 0 Å². The zero-order valence-corrected chi connectivity index (χ0v) is 16.8. The zero-order valence-electron chi connectivity index (χ0n) is 16.8. The molecule has 0 unspecified atom stereocenters. The number of hydrogen-bond acceptors (Lipinski definition) is 6. The topological polar surface area (TPSA) is 114 Å². The van der Waals surface area contributed by atoms with Crippen LogP contribution in [0, 0.1) is 5.92 Å². The summed E-state index contributed by atoms with van der Waals surface area (Å²) in [6.07, 6.45) is 5.00. The second-order valence-electron chi connectivity index (χ2n) is 6.34. The zero-order chi connectivity index (χ0) is 21.2. The van der Waals surface area contributed by atoms with E-state index in [0.29, 0.717) is 32.4 Å². The first-order chi connectivity index (χ1) is 13.4. The fraction of sp³-hybridized carbons (Fsp3) is 0.650. The lowest BCUT2D eigenvalue weighted by Crippen LogP contribution is -2.39. The van der Waals surface area contributed by atoms with Crippen molar-refractivity contribution in [2.75, 3.05) is 32.9 Å². The molecule has 0 aromatic carbocycles. The lowest BCUT2D eigenvalue weighted by atomic mass is 10.00. The standard InChI is InChI=1S/C20H34N2O6/c1-4-6-7-9-19(25)28-16(3)15-22-20(26)17(8-5-2)14-18(24)21-10-12-27-13-11-23/h4-5,16-17,23H,1-2,6-15H2,3H3,(H,21,24)(H,22,26)/t16-,17+/m0/s1. The van der Waals surface area contributed by atoms with E-state index in [-0.39, 0.29) is 44.0 Å². The van der Waals surface area contributed by atoms with Crippen LogP contribution in [0.5, 0.6) is 0 Å². The van der Waals surface area contributed by atoms with Gasteiger partial charge in [-0.1, -0.05) is 12.2 Å². The summed E-state index contributed by atoms with van der Waals surface area (Å²) in [5, 5.41) is 14.0. The number of rotatable bonds is 17. The first-order valence-corrected chi connectivity index (χ1v) is 9.58. The molecule has 0 spiro atoms. The Balaban J connectivity index is 4.23. The van der Waals surface area contributed by atoms with Crippen molar-refractivity contribution in [2.45, 2.75) is 45.1 Å². The van der Waals surface area contributed by atoms with Crippen molar-refractivity contribution >= 4 is 17.8 Å². The quantitative estimate of drug-likeness (QED) is 0.192. The third-order valence-electron chi connectivity index (χ3n) is 3.74. The summed E-state index contributed by atoms with van der Waals surface area (Å²) in [5.41, 5.74) is 0. The number of aliphatic hydroxyl groups excluding tert-OH is 1. The number of nitrogens with one attached hydrogen (secondary N) is 2. The Labute approximate surface area is 167 Å². The highest BCUT2D eigenvalue weighted by Gasteiger charge is 2.21. The second-order valence-corrected chi connectivity index (χ2v) is 6.34. The van der Waals surface area contributed by atoms with Crippen LogP contribution in [0.25, 0.3) is 0 Å². The molecule has 2 atom stereocenters. The van der Waals surface area contributed by atoms with Crippen molar-refractivity contribution in [3.8, 4) is 0 Å². The van der Waals surface area contributed by atoms with Crippen LogP contribution in [0.3, 0.4) is 0 Å². The number of unbranched alkanes of at least 4 members (excludes halogenated alkanes) is 1. The second kappa shape index (κ2) is 16.9. The maximum atomic E-state index is 12.3. The molecule has 0 aromatic heterocycles. The number of aliphatic hydroxyl groups is 1. The van der Waals surface area contributed by atoms with Crippen LogP contribution in [0.2, 0.25) is 0 Å². The highest BCUT2D eigenvalue weighted by molar-refractivity contribution is 5.85. The summed E-state index contributed by atoms with van der Waals surface area (Å²) in [4.78, 5) is 36.0. The first kappa shape index (κ1) is 25.8. The number of allylic oxidation sites excluding steroid dienone is 2. The van der Waals surface area contributed by atoms with Crippen LogP contribution in [-0.4, -0.2) is 61.9 Å². The van der Waals surface area contributed by atoms with Gasteiger partial charge in [0, 0.05) is 19.4 Å². The minimum atomic E-state index is -0.550. The van der Waals surface area contributed by atoms with E-state index >= 15 is 0 Å². The van der Waals surface area contributed by atoms with E-state index in [1.807, 2.05) is 0 Å². The molecule has 0 heterocycles. The van der Waals surface area contributed by atoms with Crippen LogP contribution < -0.4 is 10.6 Å². The summed E-state index contributed by atoms with van der Waals surface area (Å²) >= 11 is 0. The molecule has 0 aliphatic carbocycles. The minimum Gasteiger partial charge on any atom is -0.461 e. The maximum Gasteiger partial charge on any atom is 0.306 e. The van der Waals surface area contributed by atoms with Crippen molar-refractivity contribution in [2.24, 2.45) is 5.92 Å². The van der Waals surface area contributed by atoms with Gasteiger partial charge >= 0.3 is 5.97 Å². The Hall–Kier alpha value is -2.19. The van der Waals surface area contributed by atoms with E-state index in [0.717, 1.165) is 6.42 Å². The van der Waals surface area contributed by atoms with E-state index < -0.39 is 12.0 Å². The first-order valence-electron chi connectivity index (χ1n) is 9.58. The van der Waals surface area contributed by atoms with Crippen molar-refractivity contribution in [3.63, 3.8) is 0 Å².